The average Bonchev–Trinajstić information content (AvgIpc) is 2.82. The summed E-state index contributed by atoms with van der Waals surface area (Å²) < 4.78 is 17.1. The number of phenols is 1. The molecule has 3 aromatic rings. The van der Waals surface area contributed by atoms with Crippen molar-refractivity contribution < 1.29 is 19.3 Å². The maximum atomic E-state index is 9.49. The van der Waals surface area contributed by atoms with Crippen LogP contribution in [0.3, 0.4) is 0 Å². The molecule has 0 aliphatic heterocycles. The Kier molecular flexibility index (Phi) is 8.74. The van der Waals surface area contributed by atoms with Gasteiger partial charge >= 0.3 is 0 Å². The normalized spacial score (nSPS) is 11.1. The summed E-state index contributed by atoms with van der Waals surface area (Å²) in [5.41, 5.74) is 3.12. The van der Waals surface area contributed by atoms with Crippen LogP contribution in [-0.4, -0.2) is 25.5 Å². The van der Waals surface area contributed by atoms with Gasteiger partial charge in [-0.15, -0.1) is 0 Å². The number of nitrogens with zero attached hydrogens (tertiary/aromatic N) is 1. The van der Waals surface area contributed by atoms with Gasteiger partial charge in [0.25, 0.3) is 0 Å². The van der Waals surface area contributed by atoms with Crippen LogP contribution in [0.1, 0.15) is 36.5 Å². The zero-order valence-electron chi connectivity index (χ0n) is 19.0. The number of ether oxygens (including phenoxy) is 3. The standard InChI is InChI=1S/C25H27ClN2O4S/c1-16(2)19-7-5-17(6-8-19)15-32-25-23(30-3)11-18(12-24(25)31-4)14-27-28-33-20-9-10-22(29)21(26)13-20/h5-14,16,28-29H,15H2,1-4H3/b27-14+. The van der Waals surface area contributed by atoms with Gasteiger partial charge in [-0.3, -0.25) is 0 Å². The molecule has 0 aliphatic carbocycles. The lowest BCUT2D eigenvalue weighted by Crippen LogP contribution is -2.02. The molecule has 33 heavy (non-hydrogen) atoms. The first-order chi connectivity index (χ1) is 15.9. The van der Waals surface area contributed by atoms with Crippen LogP contribution in [0.2, 0.25) is 5.02 Å². The summed E-state index contributed by atoms with van der Waals surface area (Å²) in [5.74, 6) is 2.16. The zero-order chi connectivity index (χ0) is 23.8. The summed E-state index contributed by atoms with van der Waals surface area (Å²) in [6.07, 6.45) is 1.65. The minimum absolute atomic E-state index is 0.0404. The van der Waals surface area contributed by atoms with E-state index in [4.69, 9.17) is 25.8 Å². The van der Waals surface area contributed by atoms with Crippen LogP contribution in [0.15, 0.2) is 64.6 Å². The third-order valence-corrected chi connectivity index (χ3v) is 5.85. The first-order valence-corrected chi connectivity index (χ1v) is 11.5. The van der Waals surface area contributed by atoms with Crippen LogP contribution in [0.5, 0.6) is 23.0 Å². The van der Waals surface area contributed by atoms with Crippen LogP contribution in [0.25, 0.3) is 0 Å². The Labute approximate surface area is 203 Å². The van der Waals surface area contributed by atoms with Crippen molar-refractivity contribution in [3.05, 3.63) is 76.3 Å². The van der Waals surface area contributed by atoms with Gasteiger partial charge in [-0.1, -0.05) is 49.7 Å². The lowest BCUT2D eigenvalue weighted by molar-refractivity contribution is 0.266. The Balaban J connectivity index is 1.68. The molecule has 0 heterocycles. The van der Waals surface area contributed by atoms with E-state index in [0.29, 0.717) is 29.8 Å². The third kappa shape index (κ3) is 6.73. The maximum absolute atomic E-state index is 9.49. The number of hydrogen-bond acceptors (Lipinski definition) is 7. The lowest BCUT2D eigenvalue weighted by atomic mass is 10.0. The van der Waals surface area contributed by atoms with Crippen molar-refractivity contribution in [2.24, 2.45) is 5.10 Å². The van der Waals surface area contributed by atoms with Crippen LogP contribution >= 0.6 is 23.5 Å². The first kappa shape index (κ1) is 24.6. The second-order valence-corrected chi connectivity index (χ2v) is 8.77. The van der Waals surface area contributed by atoms with Gasteiger partial charge in [0, 0.05) is 22.4 Å². The molecule has 0 saturated heterocycles. The van der Waals surface area contributed by atoms with Crippen LogP contribution < -0.4 is 19.0 Å². The van der Waals surface area contributed by atoms with Gasteiger partial charge in [0.15, 0.2) is 11.5 Å². The average molecular weight is 487 g/mol. The van der Waals surface area contributed by atoms with E-state index in [0.717, 1.165) is 16.0 Å². The van der Waals surface area contributed by atoms with Gasteiger partial charge in [0.2, 0.25) is 5.75 Å². The molecular weight excluding hydrogens is 460 g/mol. The van der Waals surface area contributed by atoms with Crippen molar-refractivity contribution in [1.29, 1.82) is 0 Å². The molecule has 0 spiro atoms. The molecule has 0 unspecified atom stereocenters. The summed E-state index contributed by atoms with van der Waals surface area (Å²) in [6.45, 7) is 4.73. The SMILES string of the molecule is COc1cc(/C=N/NSc2ccc(O)c(Cl)c2)cc(OC)c1OCc1ccc(C(C)C)cc1. The predicted molar refractivity (Wildman–Crippen MR) is 134 cm³/mol. The third-order valence-electron chi connectivity index (χ3n) is 4.86. The molecule has 3 aromatic carbocycles. The number of rotatable bonds is 10. The molecule has 0 radical (unpaired) electrons. The summed E-state index contributed by atoms with van der Waals surface area (Å²) in [4.78, 5) is 3.69. The van der Waals surface area contributed by atoms with Crippen molar-refractivity contribution >= 4 is 29.8 Å². The number of phenolic OH excluding ortho intramolecular Hbond substituents is 1. The summed E-state index contributed by atoms with van der Waals surface area (Å²) in [7, 11) is 3.17. The molecule has 0 amide bonds. The highest BCUT2D eigenvalue weighted by Gasteiger charge is 2.14. The van der Waals surface area contributed by atoms with Crippen LogP contribution in [-0.2, 0) is 6.61 Å². The van der Waals surface area contributed by atoms with E-state index in [1.165, 1.54) is 23.6 Å². The van der Waals surface area contributed by atoms with E-state index in [9.17, 15) is 5.11 Å². The highest BCUT2D eigenvalue weighted by Crippen LogP contribution is 2.39. The second kappa shape index (κ2) is 11.7. The van der Waals surface area contributed by atoms with Crippen molar-refractivity contribution in [1.82, 2.24) is 4.83 Å². The number of nitrogens with one attached hydrogen (secondary N) is 1. The first-order valence-electron chi connectivity index (χ1n) is 10.3. The van der Waals surface area contributed by atoms with Gasteiger partial charge < -0.3 is 19.3 Å². The Morgan fingerprint density at radius 2 is 1.70 bits per heavy atom. The number of benzene rings is 3. The molecule has 0 saturated carbocycles. The molecule has 174 valence electrons. The fourth-order valence-electron chi connectivity index (χ4n) is 3.00. The van der Waals surface area contributed by atoms with E-state index in [2.05, 4.69) is 48.0 Å². The molecule has 0 aliphatic rings. The number of hydrazone groups is 1. The number of halogens is 1. The van der Waals surface area contributed by atoms with Crippen molar-refractivity contribution in [3.63, 3.8) is 0 Å². The van der Waals surface area contributed by atoms with E-state index >= 15 is 0 Å². The van der Waals surface area contributed by atoms with E-state index in [1.807, 2.05) is 12.1 Å². The molecule has 0 bridgehead atoms. The Hall–Kier alpha value is -3.03. The lowest BCUT2D eigenvalue weighted by Gasteiger charge is -2.15. The van der Waals surface area contributed by atoms with E-state index < -0.39 is 0 Å². The highest BCUT2D eigenvalue weighted by atomic mass is 35.5. The van der Waals surface area contributed by atoms with Crippen molar-refractivity contribution in [3.8, 4) is 23.0 Å². The molecule has 0 atom stereocenters. The van der Waals surface area contributed by atoms with Crippen molar-refractivity contribution in [2.75, 3.05) is 14.2 Å². The molecule has 0 fully saturated rings. The molecule has 3 rings (SSSR count). The fourth-order valence-corrected chi connectivity index (χ4v) is 3.77. The van der Waals surface area contributed by atoms with E-state index in [1.54, 1.807) is 32.6 Å². The fraction of sp³-hybridized carbons (Fsp3) is 0.240. The molecule has 2 N–H and O–H groups in total. The van der Waals surface area contributed by atoms with Gasteiger partial charge in [-0.05, 0) is 47.4 Å². The van der Waals surface area contributed by atoms with Gasteiger partial charge in [0.05, 0.1) is 25.5 Å². The zero-order valence-corrected chi connectivity index (χ0v) is 20.5. The summed E-state index contributed by atoms with van der Waals surface area (Å²) in [6, 6.07) is 17.0. The molecule has 6 nitrogen and oxygen atoms in total. The quantitative estimate of drug-likeness (QED) is 0.196. The van der Waals surface area contributed by atoms with Gasteiger partial charge in [-0.2, -0.15) is 5.10 Å². The van der Waals surface area contributed by atoms with Crippen molar-refractivity contribution in [2.45, 2.75) is 31.3 Å². The van der Waals surface area contributed by atoms with Gasteiger partial charge in [-0.25, -0.2) is 4.83 Å². The Morgan fingerprint density at radius 1 is 1.03 bits per heavy atom. The predicted octanol–water partition coefficient (Wildman–Crippen LogP) is 6.40. The van der Waals surface area contributed by atoms with Crippen LogP contribution in [0, 0.1) is 0 Å². The minimum Gasteiger partial charge on any atom is -0.506 e. The highest BCUT2D eigenvalue weighted by molar-refractivity contribution is 7.97. The summed E-state index contributed by atoms with van der Waals surface area (Å²) >= 11 is 7.18. The Morgan fingerprint density at radius 3 is 2.27 bits per heavy atom. The Bertz CT molecular complexity index is 1080. The van der Waals surface area contributed by atoms with Crippen LogP contribution in [0.4, 0.5) is 0 Å². The molecular formula is C25H27ClN2O4S. The number of aromatic hydroxyl groups is 1. The molecule has 8 heteroatoms. The second-order valence-electron chi connectivity index (χ2n) is 7.50. The largest absolute Gasteiger partial charge is 0.506 e. The molecule has 0 aromatic heterocycles. The number of hydrogen-bond donors (Lipinski definition) is 2. The topological polar surface area (TPSA) is 72.3 Å². The van der Waals surface area contributed by atoms with E-state index in [-0.39, 0.29) is 10.8 Å². The van der Waals surface area contributed by atoms with Gasteiger partial charge in [0.1, 0.15) is 12.4 Å². The maximum Gasteiger partial charge on any atom is 0.203 e. The summed E-state index contributed by atoms with van der Waals surface area (Å²) in [5, 5.41) is 14.0. The number of methoxy groups -OCH3 is 2. The smallest absolute Gasteiger partial charge is 0.203 e. The minimum atomic E-state index is 0.0404. The monoisotopic (exact) mass is 486 g/mol.